The number of rotatable bonds is 4. The molecule has 3 rings (SSSR count). The van der Waals surface area contributed by atoms with E-state index in [0.29, 0.717) is 5.75 Å². The Labute approximate surface area is 112 Å². The van der Waals surface area contributed by atoms with Gasteiger partial charge in [0.25, 0.3) is 5.88 Å². The summed E-state index contributed by atoms with van der Waals surface area (Å²) in [5.74, 6) is -0.749. The Hall–Kier alpha value is -3.16. The lowest BCUT2D eigenvalue weighted by molar-refractivity contribution is 0.0687. The molecule has 8 nitrogen and oxygen atoms in total. The van der Waals surface area contributed by atoms with Crippen LogP contribution in [0.3, 0.4) is 0 Å². The predicted octanol–water partition coefficient (Wildman–Crippen LogP) is 1.48. The molecule has 100 valence electrons. The van der Waals surface area contributed by atoms with Crippen LogP contribution in [0.4, 0.5) is 0 Å². The van der Waals surface area contributed by atoms with Gasteiger partial charge in [-0.1, -0.05) is 5.21 Å². The third kappa shape index (κ3) is 2.21. The van der Waals surface area contributed by atoms with Crippen molar-refractivity contribution in [3.8, 4) is 17.3 Å². The Bertz CT molecular complexity index is 718. The minimum Gasteiger partial charge on any atom is -0.476 e. The van der Waals surface area contributed by atoms with Crippen molar-refractivity contribution in [3.63, 3.8) is 0 Å². The van der Waals surface area contributed by atoms with Gasteiger partial charge in [0, 0.05) is 12.4 Å². The van der Waals surface area contributed by atoms with E-state index in [1.54, 1.807) is 35.1 Å². The van der Waals surface area contributed by atoms with Crippen LogP contribution in [0.2, 0.25) is 0 Å². The van der Waals surface area contributed by atoms with Crippen LogP contribution in [0.25, 0.3) is 5.69 Å². The molecule has 0 amide bonds. The molecule has 0 unspecified atom stereocenters. The van der Waals surface area contributed by atoms with Gasteiger partial charge in [0.15, 0.2) is 0 Å². The van der Waals surface area contributed by atoms with Crippen molar-refractivity contribution in [3.05, 3.63) is 48.4 Å². The van der Waals surface area contributed by atoms with Gasteiger partial charge in [0.1, 0.15) is 5.75 Å². The van der Waals surface area contributed by atoms with Gasteiger partial charge in [-0.25, -0.2) is 14.6 Å². The Kier molecular flexibility index (Phi) is 2.88. The molecule has 2 N–H and O–H groups in total. The Morgan fingerprint density at radius 2 is 2.10 bits per heavy atom. The zero-order valence-electron chi connectivity index (χ0n) is 10.1. The predicted molar refractivity (Wildman–Crippen MR) is 67.0 cm³/mol. The van der Waals surface area contributed by atoms with Gasteiger partial charge in [0.2, 0.25) is 5.69 Å². The molecule has 2 aromatic heterocycles. The molecule has 8 heteroatoms. The fraction of sp³-hybridized carbons (Fsp3) is 0. The van der Waals surface area contributed by atoms with Crippen LogP contribution in [0, 0.1) is 0 Å². The average molecular weight is 271 g/mol. The highest BCUT2D eigenvalue weighted by Gasteiger charge is 2.16. The normalized spacial score (nSPS) is 10.4. The molecule has 0 spiro atoms. The molecular formula is C12H9N5O3. The van der Waals surface area contributed by atoms with E-state index in [2.05, 4.69) is 20.5 Å². The fourth-order valence-corrected chi connectivity index (χ4v) is 1.64. The molecule has 1 aromatic carbocycles. The van der Waals surface area contributed by atoms with E-state index in [1.165, 1.54) is 0 Å². The third-order valence-electron chi connectivity index (χ3n) is 2.54. The Morgan fingerprint density at radius 3 is 2.75 bits per heavy atom. The number of benzene rings is 1. The number of ether oxygens (including phenoxy) is 1. The number of carboxylic acid groups (broad SMARTS) is 1. The first-order chi connectivity index (χ1) is 9.74. The molecule has 2 heterocycles. The van der Waals surface area contributed by atoms with Crippen molar-refractivity contribution in [1.82, 2.24) is 25.2 Å². The summed E-state index contributed by atoms with van der Waals surface area (Å²) in [6.07, 6.45) is 3.50. The largest absolute Gasteiger partial charge is 0.476 e. The highest BCUT2D eigenvalue weighted by atomic mass is 16.5. The first-order valence-corrected chi connectivity index (χ1v) is 5.66. The number of carboxylic acids is 1. The first kappa shape index (κ1) is 11.9. The summed E-state index contributed by atoms with van der Waals surface area (Å²) < 4.78 is 7.09. The molecule has 3 aromatic rings. The summed E-state index contributed by atoms with van der Waals surface area (Å²) in [6, 6.07) is 8.81. The van der Waals surface area contributed by atoms with E-state index >= 15 is 0 Å². The van der Waals surface area contributed by atoms with Gasteiger partial charge < -0.3 is 9.84 Å². The van der Waals surface area contributed by atoms with Gasteiger partial charge in [0.05, 0.1) is 5.69 Å². The minimum absolute atomic E-state index is 0.00987. The molecule has 0 fully saturated rings. The molecular weight excluding hydrogens is 262 g/mol. The average Bonchev–Trinajstić information content (AvgIpc) is 3.10. The van der Waals surface area contributed by atoms with E-state index in [-0.39, 0.29) is 11.6 Å². The van der Waals surface area contributed by atoms with E-state index in [1.807, 2.05) is 12.3 Å². The first-order valence-electron chi connectivity index (χ1n) is 5.66. The SMILES string of the molecule is O=C(O)c1nn[nH]c1Oc1ccc(-n2cccn2)cc1. The third-order valence-corrected chi connectivity index (χ3v) is 2.54. The molecule has 0 aliphatic rings. The van der Waals surface area contributed by atoms with E-state index < -0.39 is 5.97 Å². The minimum atomic E-state index is -1.21. The lowest BCUT2D eigenvalue weighted by Gasteiger charge is -2.05. The van der Waals surface area contributed by atoms with Crippen molar-refractivity contribution in [1.29, 1.82) is 0 Å². The molecule has 0 radical (unpaired) electrons. The number of nitrogens with zero attached hydrogens (tertiary/aromatic N) is 4. The molecule has 0 saturated carbocycles. The topological polar surface area (TPSA) is 106 Å². The summed E-state index contributed by atoms with van der Waals surface area (Å²) in [5.41, 5.74) is 0.602. The molecule has 0 aliphatic heterocycles. The number of aromatic nitrogens is 5. The lowest BCUT2D eigenvalue weighted by atomic mass is 10.3. The number of carbonyl (C=O) groups is 1. The van der Waals surface area contributed by atoms with E-state index in [4.69, 9.17) is 9.84 Å². The number of nitrogens with one attached hydrogen (secondary N) is 1. The maximum Gasteiger partial charge on any atom is 0.362 e. The van der Waals surface area contributed by atoms with Crippen molar-refractivity contribution in [2.45, 2.75) is 0 Å². The number of aromatic amines is 1. The van der Waals surface area contributed by atoms with Gasteiger partial charge in [-0.05, 0) is 30.3 Å². The summed E-state index contributed by atoms with van der Waals surface area (Å²) in [5, 5.41) is 22.2. The fourth-order valence-electron chi connectivity index (χ4n) is 1.64. The van der Waals surface area contributed by atoms with Crippen LogP contribution in [0.1, 0.15) is 10.5 Å². The van der Waals surface area contributed by atoms with Crippen molar-refractivity contribution >= 4 is 5.97 Å². The van der Waals surface area contributed by atoms with Gasteiger partial charge in [-0.3, -0.25) is 0 Å². The van der Waals surface area contributed by atoms with Crippen LogP contribution in [0.15, 0.2) is 42.7 Å². The number of aromatic carboxylic acids is 1. The highest BCUT2D eigenvalue weighted by molar-refractivity contribution is 5.87. The van der Waals surface area contributed by atoms with Crippen LogP contribution >= 0.6 is 0 Å². The van der Waals surface area contributed by atoms with E-state index in [0.717, 1.165) is 5.69 Å². The van der Waals surface area contributed by atoms with Crippen LogP contribution < -0.4 is 4.74 Å². The van der Waals surface area contributed by atoms with Crippen LogP contribution in [-0.2, 0) is 0 Å². The number of hydrogen-bond acceptors (Lipinski definition) is 5. The number of hydrogen-bond donors (Lipinski definition) is 2. The van der Waals surface area contributed by atoms with Gasteiger partial charge in [-0.2, -0.15) is 5.10 Å². The van der Waals surface area contributed by atoms with Crippen LogP contribution in [-0.4, -0.2) is 36.3 Å². The van der Waals surface area contributed by atoms with Gasteiger partial charge >= 0.3 is 5.97 Å². The Morgan fingerprint density at radius 1 is 1.30 bits per heavy atom. The quantitative estimate of drug-likeness (QED) is 0.744. The summed E-state index contributed by atoms with van der Waals surface area (Å²) in [4.78, 5) is 10.9. The van der Waals surface area contributed by atoms with Crippen LogP contribution in [0.5, 0.6) is 11.6 Å². The number of H-pyrrole nitrogens is 1. The second-order valence-corrected chi connectivity index (χ2v) is 3.84. The second-order valence-electron chi connectivity index (χ2n) is 3.84. The molecule has 0 aliphatic carbocycles. The molecule has 0 saturated heterocycles. The maximum atomic E-state index is 10.9. The molecule has 20 heavy (non-hydrogen) atoms. The Balaban J connectivity index is 1.82. The highest BCUT2D eigenvalue weighted by Crippen LogP contribution is 2.22. The zero-order chi connectivity index (χ0) is 13.9. The zero-order valence-corrected chi connectivity index (χ0v) is 10.1. The van der Waals surface area contributed by atoms with Crippen molar-refractivity contribution in [2.75, 3.05) is 0 Å². The molecule has 0 bridgehead atoms. The maximum absolute atomic E-state index is 10.9. The van der Waals surface area contributed by atoms with E-state index in [9.17, 15) is 4.79 Å². The van der Waals surface area contributed by atoms with Gasteiger partial charge in [-0.15, -0.1) is 5.10 Å². The summed E-state index contributed by atoms with van der Waals surface area (Å²) >= 11 is 0. The summed E-state index contributed by atoms with van der Waals surface area (Å²) in [6.45, 7) is 0. The second kappa shape index (κ2) is 4.84. The van der Waals surface area contributed by atoms with Crippen molar-refractivity contribution in [2.24, 2.45) is 0 Å². The summed E-state index contributed by atoms with van der Waals surface area (Å²) in [7, 11) is 0. The standard InChI is InChI=1S/C12H9N5O3/c18-12(19)10-11(15-16-14-10)20-9-4-2-8(3-5-9)17-7-1-6-13-17/h1-7H,(H,18,19)(H,14,15,16). The van der Waals surface area contributed by atoms with Crippen molar-refractivity contribution < 1.29 is 14.6 Å². The monoisotopic (exact) mass is 271 g/mol. The lowest BCUT2D eigenvalue weighted by Crippen LogP contribution is -2.00. The smallest absolute Gasteiger partial charge is 0.362 e. The molecule has 0 atom stereocenters.